The molecule has 0 unspecified atom stereocenters. The smallest absolute Gasteiger partial charge is 0.162 e. The van der Waals surface area contributed by atoms with Crippen LogP contribution in [0.1, 0.15) is 0 Å². The van der Waals surface area contributed by atoms with E-state index in [1.165, 1.54) is 12.4 Å². The number of hydrogen-bond acceptors (Lipinski definition) is 3. The maximum absolute atomic E-state index is 9.89. The second-order valence-corrected chi connectivity index (χ2v) is 2.33. The molecule has 0 aliphatic rings. The molecule has 11 heavy (non-hydrogen) atoms. The Morgan fingerprint density at radius 3 is 1.64 bits per heavy atom. The van der Waals surface area contributed by atoms with Crippen LogP contribution in [-0.2, 0) is 9.59 Å². The average molecular weight is 194 g/mol. The Hall–Kier alpha value is -0.800. The molecular weight excluding hydrogens is 189 g/mol. The predicted octanol–water partition coefficient (Wildman–Crippen LogP) is 1.13. The highest BCUT2D eigenvalue weighted by atomic mass is 35.5. The lowest BCUT2D eigenvalue weighted by Gasteiger charge is -1.88. The van der Waals surface area contributed by atoms with Crippen LogP contribution in [0.3, 0.4) is 0 Å². The first-order chi connectivity index (χ1) is 5.20. The van der Waals surface area contributed by atoms with Crippen LogP contribution in [0, 0.1) is 0 Å². The Morgan fingerprint density at radius 2 is 1.36 bits per heavy atom. The Kier molecular flexibility index (Phi) is 5.51. The van der Waals surface area contributed by atoms with Crippen molar-refractivity contribution >= 4 is 35.8 Å². The highest BCUT2D eigenvalue weighted by Crippen LogP contribution is 1.95. The van der Waals surface area contributed by atoms with E-state index in [-0.39, 0.29) is 10.1 Å². The molecule has 1 N–H and O–H groups in total. The molecule has 3 nitrogen and oxygen atoms in total. The van der Waals surface area contributed by atoms with Gasteiger partial charge in [-0.05, 0) is 0 Å². The number of rotatable bonds is 4. The summed E-state index contributed by atoms with van der Waals surface area (Å²) in [6.45, 7) is 0. The van der Waals surface area contributed by atoms with Crippen LogP contribution >= 0.6 is 23.2 Å². The normalized spacial score (nSPS) is 12.5. The van der Waals surface area contributed by atoms with Crippen LogP contribution in [0.2, 0.25) is 0 Å². The molecule has 0 aliphatic heterocycles. The minimum atomic E-state index is -0.00313. The predicted molar refractivity (Wildman–Crippen MR) is 43.1 cm³/mol. The zero-order chi connectivity index (χ0) is 8.69. The van der Waals surface area contributed by atoms with E-state index in [2.05, 4.69) is 5.32 Å². The second kappa shape index (κ2) is 5.95. The van der Waals surface area contributed by atoms with Gasteiger partial charge in [-0.1, -0.05) is 23.2 Å². The fraction of sp³-hybridized carbons (Fsp3) is 0. The van der Waals surface area contributed by atoms with Crippen molar-refractivity contribution in [2.75, 3.05) is 0 Å². The molecule has 0 aliphatic carbocycles. The molecule has 0 aromatic carbocycles. The molecule has 0 heterocycles. The van der Waals surface area contributed by atoms with Crippen LogP contribution in [0.4, 0.5) is 0 Å². The molecule has 5 heteroatoms. The maximum Gasteiger partial charge on any atom is 0.162 e. The van der Waals surface area contributed by atoms with Gasteiger partial charge in [-0.15, -0.1) is 0 Å². The molecule has 0 spiro atoms. The molecule has 0 fully saturated rings. The van der Waals surface area contributed by atoms with E-state index in [1.54, 1.807) is 0 Å². The SMILES string of the molecule is O=C/C(Cl)=C/N/C=C(\Cl)C=O. The molecular formula is C6H5Cl2NO2. The monoisotopic (exact) mass is 193 g/mol. The summed E-state index contributed by atoms with van der Waals surface area (Å²) in [5, 5.41) is 2.43. The number of hydrogen-bond donors (Lipinski definition) is 1. The minimum Gasteiger partial charge on any atom is -0.365 e. The fourth-order valence-corrected chi connectivity index (χ4v) is 0.395. The van der Waals surface area contributed by atoms with Crippen molar-refractivity contribution in [3.63, 3.8) is 0 Å². The van der Waals surface area contributed by atoms with Crippen molar-refractivity contribution < 1.29 is 9.59 Å². The van der Waals surface area contributed by atoms with E-state index in [0.29, 0.717) is 12.6 Å². The van der Waals surface area contributed by atoms with E-state index in [0.717, 1.165) is 0 Å². The van der Waals surface area contributed by atoms with E-state index < -0.39 is 0 Å². The molecule has 0 amide bonds. The van der Waals surface area contributed by atoms with Gasteiger partial charge in [0.25, 0.3) is 0 Å². The van der Waals surface area contributed by atoms with Gasteiger partial charge in [0.05, 0.1) is 10.1 Å². The summed E-state index contributed by atoms with van der Waals surface area (Å²) in [7, 11) is 0. The number of carbonyl (C=O) groups excluding carboxylic acids is 2. The molecule has 0 aromatic heterocycles. The summed E-state index contributed by atoms with van der Waals surface area (Å²) < 4.78 is 0. The summed E-state index contributed by atoms with van der Waals surface area (Å²) in [5.41, 5.74) is 0. The molecule has 0 radical (unpaired) electrons. The number of nitrogens with one attached hydrogen (secondary N) is 1. The van der Waals surface area contributed by atoms with E-state index in [1.807, 2.05) is 0 Å². The quantitative estimate of drug-likeness (QED) is 0.539. The van der Waals surface area contributed by atoms with E-state index >= 15 is 0 Å². The van der Waals surface area contributed by atoms with Crippen LogP contribution in [0.25, 0.3) is 0 Å². The Balaban J connectivity index is 3.89. The topological polar surface area (TPSA) is 46.2 Å². The average Bonchev–Trinajstić information content (AvgIpc) is 2.04. The first-order valence-electron chi connectivity index (χ1n) is 2.58. The summed E-state index contributed by atoms with van der Waals surface area (Å²) >= 11 is 10.5. The van der Waals surface area contributed by atoms with Gasteiger partial charge in [-0.25, -0.2) is 0 Å². The van der Waals surface area contributed by atoms with Gasteiger partial charge in [-0.2, -0.15) is 0 Å². The van der Waals surface area contributed by atoms with Gasteiger partial charge in [0.1, 0.15) is 0 Å². The Bertz CT molecular complexity index is 189. The zero-order valence-electron chi connectivity index (χ0n) is 5.38. The largest absolute Gasteiger partial charge is 0.365 e. The molecule has 0 rings (SSSR count). The third-order valence-corrected chi connectivity index (χ3v) is 1.06. The standard InChI is InChI=1S/C6H5Cl2NO2/c7-5(3-10)1-9-2-6(8)4-11/h1-4,9H/b5-1-,6-2-. The lowest BCUT2D eigenvalue weighted by Crippen LogP contribution is -1.95. The minimum absolute atomic E-state index is 0.00313. The van der Waals surface area contributed by atoms with Gasteiger partial charge in [-0.3, -0.25) is 9.59 Å². The van der Waals surface area contributed by atoms with Gasteiger partial charge in [0.2, 0.25) is 0 Å². The summed E-state index contributed by atoms with van der Waals surface area (Å²) in [4.78, 5) is 19.8. The summed E-state index contributed by atoms with van der Waals surface area (Å²) in [6, 6.07) is 0. The van der Waals surface area contributed by atoms with E-state index in [9.17, 15) is 9.59 Å². The number of aldehydes is 2. The highest BCUT2D eigenvalue weighted by molar-refractivity contribution is 6.39. The van der Waals surface area contributed by atoms with Gasteiger partial charge >= 0.3 is 0 Å². The van der Waals surface area contributed by atoms with Crippen molar-refractivity contribution in [1.82, 2.24) is 5.32 Å². The fourth-order valence-electron chi connectivity index (χ4n) is 0.269. The van der Waals surface area contributed by atoms with Gasteiger partial charge in [0, 0.05) is 12.4 Å². The maximum atomic E-state index is 9.89. The van der Waals surface area contributed by atoms with Crippen LogP contribution in [0.5, 0.6) is 0 Å². The van der Waals surface area contributed by atoms with E-state index in [4.69, 9.17) is 23.2 Å². The van der Waals surface area contributed by atoms with Crippen molar-refractivity contribution in [3.05, 3.63) is 22.5 Å². The first-order valence-corrected chi connectivity index (χ1v) is 3.34. The van der Waals surface area contributed by atoms with Crippen LogP contribution < -0.4 is 5.32 Å². The van der Waals surface area contributed by atoms with Crippen LogP contribution in [-0.4, -0.2) is 12.6 Å². The van der Waals surface area contributed by atoms with Crippen molar-refractivity contribution in [3.8, 4) is 0 Å². The highest BCUT2D eigenvalue weighted by Gasteiger charge is 1.85. The molecule has 0 atom stereocenters. The van der Waals surface area contributed by atoms with Crippen molar-refractivity contribution in [1.29, 1.82) is 0 Å². The molecule has 0 bridgehead atoms. The van der Waals surface area contributed by atoms with Crippen LogP contribution in [0.15, 0.2) is 22.5 Å². The third-order valence-electron chi connectivity index (χ3n) is 0.668. The molecule has 60 valence electrons. The summed E-state index contributed by atoms with van der Waals surface area (Å²) in [5.74, 6) is 0. The lowest BCUT2D eigenvalue weighted by atomic mass is 10.6. The Labute approximate surface area is 73.7 Å². The molecule has 0 saturated heterocycles. The second-order valence-electron chi connectivity index (χ2n) is 1.46. The molecule has 0 aromatic rings. The number of carbonyl (C=O) groups is 2. The number of allylic oxidation sites excluding steroid dienone is 2. The number of halogens is 2. The summed E-state index contributed by atoms with van der Waals surface area (Å²) in [6.07, 6.45) is 3.33. The zero-order valence-corrected chi connectivity index (χ0v) is 6.89. The van der Waals surface area contributed by atoms with Gasteiger partial charge in [0.15, 0.2) is 12.6 Å². The lowest BCUT2D eigenvalue weighted by molar-refractivity contribution is -0.105. The first kappa shape index (κ1) is 10.2. The Morgan fingerprint density at radius 1 is 1.00 bits per heavy atom. The third kappa shape index (κ3) is 5.63. The van der Waals surface area contributed by atoms with Crippen molar-refractivity contribution in [2.24, 2.45) is 0 Å². The van der Waals surface area contributed by atoms with Gasteiger partial charge < -0.3 is 5.32 Å². The molecule has 0 saturated carbocycles. The van der Waals surface area contributed by atoms with Crippen molar-refractivity contribution in [2.45, 2.75) is 0 Å².